The summed E-state index contributed by atoms with van der Waals surface area (Å²) in [6, 6.07) is 6.69. The second-order valence-corrected chi connectivity index (χ2v) is 7.83. The molecular weight excluding hydrogens is 426 g/mol. The molecular formula is C20H18F6N4O. The summed E-state index contributed by atoms with van der Waals surface area (Å²) in [6.07, 6.45) is -6.58. The highest BCUT2D eigenvalue weighted by Crippen LogP contribution is 2.59. The Morgan fingerprint density at radius 3 is 2.26 bits per heavy atom. The predicted octanol–water partition coefficient (Wildman–Crippen LogP) is 4.47. The zero-order valence-electron chi connectivity index (χ0n) is 16.0. The molecule has 31 heavy (non-hydrogen) atoms. The normalized spacial score (nSPS) is 18.0. The number of alkyl halides is 6. The Kier molecular flexibility index (Phi) is 4.91. The van der Waals surface area contributed by atoms with Gasteiger partial charge in [0.2, 0.25) is 0 Å². The van der Waals surface area contributed by atoms with E-state index in [1.54, 1.807) is 12.3 Å². The summed E-state index contributed by atoms with van der Waals surface area (Å²) < 4.78 is 82.4. The van der Waals surface area contributed by atoms with Crippen LogP contribution in [0.1, 0.15) is 29.9 Å². The van der Waals surface area contributed by atoms with Crippen molar-refractivity contribution in [2.75, 3.05) is 0 Å². The molecule has 1 aliphatic carbocycles. The smallest absolute Gasteiger partial charge is 0.376 e. The minimum Gasteiger partial charge on any atom is -0.376 e. The number of aromatic amines is 1. The number of benzene rings is 1. The quantitative estimate of drug-likeness (QED) is 0.552. The van der Waals surface area contributed by atoms with E-state index in [9.17, 15) is 31.4 Å². The van der Waals surface area contributed by atoms with Gasteiger partial charge in [-0.15, -0.1) is 0 Å². The number of hydrogen-bond donors (Lipinski definition) is 2. The van der Waals surface area contributed by atoms with Crippen molar-refractivity contribution in [1.82, 2.24) is 19.7 Å². The Morgan fingerprint density at radius 1 is 1.06 bits per heavy atom. The molecule has 1 atom stereocenters. The lowest BCUT2D eigenvalue weighted by Crippen LogP contribution is -2.44. The minimum absolute atomic E-state index is 0.0170. The van der Waals surface area contributed by atoms with Crippen molar-refractivity contribution >= 4 is 0 Å². The fourth-order valence-electron chi connectivity index (χ4n) is 3.56. The molecule has 0 amide bonds. The Labute approximate surface area is 172 Å². The zero-order chi connectivity index (χ0) is 22.5. The molecule has 5 nitrogen and oxygen atoms in total. The van der Waals surface area contributed by atoms with E-state index in [0.29, 0.717) is 5.69 Å². The van der Waals surface area contributed by atoms with Gasteiger partial charge in [0.15, 0.2) is 5.60 Å². The molecule has 0 saturated heterocycles. The molecule has 4 rings (SSSR count). The molecule has 3 aromatic rings. The van der Waals surface area contributed by atoms with Crippen molar-refractivity contribution < 1.29 is 31.4 Å². The summed E-state index contributed by atoms with van der Waals surface area (Å²) in [6.45, 7) is 0. The molecule has 1 saturated carbocycles. The van der Waals surface area contributed by atoms with Crippen LogP contribution in [-0.2, 0) is 18.4 Å². The monoisotopic (exact) mass is 444 g/mol. The molecule has 0 bridgehead atoms. The average Bonchev–Trinajstić information content (AvgIpc) is 3.09. The van der Waals surface area contributed by atoms with Crippen LogP contribution < -0.4 is 0 Å². The first-order valence-corrected chi connectivity index (χ1v) is 9.43. The molecule has 2 aromatic heterocycles. The van der Waals surface area contributed by atoms with Gasteiger partial charge in [-0.1, -0.05) is 12.1 Å². The van der Waals surface area contributed by atoms with Crippen LogP contribution in [0.3, 0.4) is 0 Å². The summed E-state index contributed by atoms with van der Waals surface area (Å²) in [5.74, 6) is -0.246. The zero-order valence-corrected chi connectivity index (χ0v) is 16.0. The highest BCUT2D eigenvalue weighted by atomic mass is 19.4. The van der Waals surface area contributed by atoms with E-state index in [0.717, 1.165) is 12.1 Å². The Balaban J connectivity index is 1.57. The van der Waals surface area contributed by atoms with Crippen molar-refractivity contribution in [2.24, 2.45) is 5.41 Å². The van der Waals surface area contributed by atoms with Crippen molar-refractivity contribution in [3.8, 4) is 5.69 Å². The molecule has 0 aliphatic heterocycles. The number of imidazole rings is 1. The number of rotatable bonds is 6. The van der Waals surface area contributed by atoms with Gasteiger partial charge in [-0.25, -0.2) is 9.67 Å². The van der Waals surface area contributed by atoms with Gasteiger partial charge in [-0.2, -0.15) is 31.4 Å². The summed E-state index contributed by atoms with van der Waals surface area (Å²) >= 11 is 0. The second-order valence-electron chi connectivity index (χ2n) is 7.83. The molecule has 1 aliphatic rings. The topological polar surface area (TPSA) is 66.7 Å². The van der Waals surface area contributed by atoms with Gasteiger partial charge in [0.1, 0.15) is 5.82 Å². The second kappa shape index (κ2) is 7.11. The van der Waals surface area contributed by atoms with Crippen LogP contribution in [0.4, 0.5) is 26.3 Å². The predicted molar refractivity (Wildman–Crippen MR) is 97.2 cm³/mol. The average molecular weight is 444 g/mol. The number of nitrogens with one attached hydrogen (secondary N) is 1. The maximum Gasteiger partial charge on any atom is 0.421 e. The first-order chi connectivity index (χ1) is 14.4. The lowest BCUT2D eigenvalue weighted by Gasteiger charge is -2.30. The van der Waals surface area contributed by atoms with E-state index >= 15 is 0 Å². The molecule has 0 spiro atoms. The molecule has 1 fully saturated rings. The van der Waals surface area contributed by atoms with Crippen LogP contribution >= 0.6 is 0 Å². The standard InChI is InChI=1S/C20H18F6N4O/c21-19(22,23)17(6-7-17)10-14-12-27-16(29-14)11-18(31,20(24,25)26)13-2-4-15(5-3-13)30-9-1-8-28-30/h1-5,8-9,12,31H,6-7,10-11H2,(H,27,29). The van der Waals surface area contributed by atoms with Gasteiger partial charge in [0, 0.05) is 31.4 Å². The highest BCUT2D eigenvalue weighted by molar-refractivity contribution is 5.37. The van der Waals surface area contributed by atoms with Crippen LogP contribution in [-0.4, -0.2) is 37.2 Å². The maximum atomic E-state index is 13.8. The molecule has 2 heterocycles. The van der Waals surface area contributed by atoms with Gasteiger partial charge >= 0.3 is 12.4 Å². The van der Waals surface area contributed by atoms with Crippen molar-refractivity contribution in [1.29, 1.82) is 0 Å². The highest BCUT2D eigenvalue weighted by Gasteiger charge is 2.63. The molecule has 11 heteroatoms. The van der Waals surface area contributed by atoms with Gasteiger partial charge in [0.05, 0.1) is 16.8 Å². The van der Waals surface area contributed by atoms with E-state index in [2.05, 4.69) is 15.1 Å². The minimum atomic E-state index is -5.04. The number of nitrogens with zero attached hydrogens (tertiary/aromatic N) is 3. The van der Waals surface area contributed by atoms with E-state index in [-0.39, 0.29) is 24.4 Å². The first kappa shape index (κ1) is 21.4. The molecule has 0 radical (unpaired) electrons. The number of aliphatic hydroxyl groups is 1. The fraction of sp³-hybridized carbons (Fsp3) is 0.400. The third kappa shape index (κ3) is 3.93. The summed E-state index contributed by atoms with van der Waals surface area (Å²) in [5.41, 5.74) is -5.03. The summed E-state index contributed by atoms with van der Waals surface area (Å²) in [5, 5.41) is 14.6. The number of halogens is 6. The van der Waals surface area contributed by atoms with E-state index in [4.69, 9.17) is 0 Å². The first-order valence-electron chi connectivity index (χ1n) is 9.43. The molecule has 2 N–H and O–H groups in total. The van der Waals surface area contributed by atoms with Crippen molar-refractivity contribution in [3.05, 3.63) is 66.0 Å². The van der Waals surface area contributed by atoms with Crippen LogP contribution in [0.25, 0.3) is 5.69 Å². The third-order valence-electron chi connectivity index (χ3n) is 5.66. The number of hydrogen-bond acceptors (Lipinski definition) is 3. The third-order valence-corrected chi connectivity index (χ3v) is 5.66. The molecule has 1 unspecified atom stereocenters. The van der Waals surface area contributed by atoms with Crippen molar-refractivity contribution in [3.63, 3.8) is 0 Å². The van der Waals surface area contributed by atoms with Crippen LogP contribution in [0.15, 0.2) is 48.9 Å². The maximum absolute atomic E-state index is 13.8. The van der Waals surface area contributed by atoms with E-state index < -0.39 is 41.8 Å². The van der Waals surface area contributed by atoms with Crippen LogP contribution in [0.5, 0.6) is 0 Å². The van der Waals surface area contributed by atoms with Gasteiger partial charge in [-0.3, -0.25) is 0 Å². The SMILES string of the molecule is OC(Cc1nc(CC2(C(F)(F)F)CC2)c[nH]1)(c1ccc(-n2cccn2)cc1)C(F)(F)F. The van der Waals surface area contributed by atoms with Gasteiger partial charge in [0.25, 0.3) is 0 Å². The van der Waals surface area contributed by atoms with E-state index in [1.165, 1.54) is 29.2 Å². The lowest BCUT2D eigenvalue weighted by molar-refractivity contribution is -0.266. The molecule has 1 aromatic carbocycles. The Bertz CT molecular complexity index is 1040. The Hall–Kier alpha value is -2.82. The van der Waals surface area contributed by atoms with Crippen LogP contribution in [0.2, 0.25) is 0 Å². The van der Waals surface area contributed by atoms with Gasteiger partial charge < -0.3 is 10.1 Å². The fourth-order valence-corrected chi connectivity index (χ4v) is 3.56. The lowest BCUT2D eigenvalue weighted by atomic mass is 9.89. The van der Waals surface area contributed by atoms with Gasteiger partial charge in [-0.05, 0) is 36.6 Å². The summed E-state index contributed by atoms with van der Waals surface area (Å²) in [7, 11) is 0. The number of H-pyrrole nitrogens is 1. The van der Waals surface area contributed by atoms with Crippen molar-refractivity contribution in [2.45, 2.75) is 43.6 Å². The Morgan fingerprint density at radius 2 is 1.74 bits per heavy atom. The molecule has 166 valence electrons. The number of aromatic nitrogens is 4. The van der Waals surface area contributed by atoms with Crippen LogP contribution in [0, 0.1) is 5.41 Å². The largest absolute Gasteiger partial charge is 0.421 e. The van der Waals surface area contributed by atoms with E-state index in [1.807, 2.05) is 0 Å². The summed E-state index contributed by atoms with van der Waals surface area (Å²) in [4.78, 5) is 6.39.